The summed E-state index contributed by atoms with van der Waals surface area (Å²) in [7, 11) is 0. The van der Waals surface area contributed by atoms with Crippen molar-refractivity contribution in [2.45, 2.75) is 32.8 Å². The maximum atomic E-state index is 9.50. The Labute approximate surface area is 159 Å². The highest BCUT2D eigenvalue weighted by Gasteiger charge is 2.20. The Kier molecular flexibility index (Phi) is 5.41. The smallest absolute Gasteiger partial charge is 0.127 e. The van der Waals surface area contributed by atoms with Crippen LogP contribution in [0.3, 0.4) is 0 Å². The van der Waals surface area contributed by atoms with Gasteiger partial charge < -0.3 is 14.6 Å². The zero-order valence-electron chi connectivity index (χ0n) is 15.3. The Morgan fingerprint density at radius 2 is 2.04 bits per heavy atom. The average Bonchev–Trinajstić information content (AvgIpc) is 2.86. The Morgan fingerprint density at radius 1 is 1.19 bits per heavy atom. The first kappa shape index (κ1) is 17.7. The van der Waals surface area contributed by atoms with E-state index in [4.69, 9.17) is 9.47 Å². The van der Waals surface area contributed by atoms with Crippen LogP contribution in [0.25, 0.3) is 11.1 Å². The molecule has 0 saturated carbocycles. The summed E-state index contributed by atoms with van der Waals surface area (Å²) < 4.78 is 12.1. The van der Waals surface area contributed by atoms with Gasteiger partial charge >= 0.3 is 0 Å². The molecule has 0 spiro atoms. The predicted molar refractivity (Wildman–Crippen MR) is 107 cm³/mol. The second kappa shape index (κ2) is 7.93. The van der Waals surface area contributed by atoms with Crippen molar-refractivity contribution in [3.63, 3.8) is 0 Å². The second-order valence-corrected chi connectivity index (χ2v) is 8.45. The molecule has 4 heteroatoms. The molecule has 2 aliphatic rings. The molecule has 2 heterocycles. The lowest BCUT2D eigenvalue weighted by Gasteiger charge is -2.22. The van der Waals surface area contributed by atoms with Crippen LogP contribution in [0, 0.1) is 12.8 Å². The van der Waals surface area contributed by atoms with Crippen LogP contribution in [-0.4, -0.2) is 29.8 Å². The number of benzene rings is 2. The summed E-state index contributed by atoms with van der Waals surface area (Å²) in [6.45, 7) is 3.67. The topological polar surface area (TPSA) is 38.7 Å². The van der Waals surface area contributed by atoms with Gasteiger partial charge in [0.05, 0.1) is 19.8 Å². The molecule has 1 fully saturated rings. The molecule has 0 atom stereocenters. The molecule has 26 heavy (non-hydrogen) atoms. The first-order valence-electron chi connectivity index (χ1n) is 9.45. The Morgan fingerprint density at radius 3 is 2.85 bits per heavy atom. The number of fused-ring (bicyclic) bond motifs is 3. The largest absolute Gasteiger partial charge is 0.493 e. The third-order valence-electron chi connectivity index (χ3n) is 5.34. The summed E-state index contributed by atoms with van der Waals surface area (Å²) in [6.07, 6.45) is 3.40. The number of aliphatic hydroxyl groups excluding tert-OH is 1. The summed E-state index contributed by atoms with van der Waals surface area (Å²) in [5.41, 5.74) is 5.70. The van der Waals surface area contributed by atoms with E-state index in [1.54, 1.807) is 0 Å². The number of aliphatic hydroxyl groups is 1. The highest BCUT2D eigenvalue weighted by atomic mass is 32.2. The lowest BCUT2D eigenvalue weighted by molar-refractivity contribution is 0.240. The van der Waals surface area contributed by atoms with Gasteiger partial charge in [-0.3, -0.25) is 0 Å². The standard InChI is InChI=1S/C22H26O3S/c1-15-10-19(25-14-16-5-8-26-9-6-16)12-18-4-7-24-21-3-2-17(13-23)11-20(21)22(15)18/h2-3,10-12,16,23H,4-9,13-14H2,1H3. The molecule has 0 unspecified atom stereocenters. The fourth-order valence-corrected chi connectivity index (χ4v) is 5.09. The maximum absolute atomic E-state index is 9.50. The highest BCUT2D eigenvalue weighted by molar-refractivity contribution is 7.99. The van der Waals surface area contributed by atoms with E-state index in [9.17, 15) is 5.11 Å². The van der Waals surface area contributed by atoms with E-state index in [0.717, 1.165) is 35.7 Å². The van der Waals surface area contributed by atoms with Crippen molar-refractivity contribution in [3.05, 3.63) is 47.0 Å². The Balaban J connectivity index is 1.62. The molecule has 2 aromatic rings. The van der Waals surface area contributed by atoms with Crippen molar-refractivity contribution >= 4 is 11.8 Å². The molecular weight excluding hydrogens is 344 g/mol. The lowest BCUT2D eigenvalue weighted by Crippen LogP contribution is -2.17. The van der Waals surface area contributed by atoms with Gasteiger partial charge in [0.15, 0.2) is 0 Å². The summed E-state index contributed by atoms with van der Waals surface area (Å²) in [5, 5.41) is 9.50. The van der Waals surface area contributed by atoms with E-state index >= 15 is 0 Å². The van der Waals surface area contributed by atoms with Crippen molar-refractivity contribution in [2.75, 3.05) is 24.7 Å². The molecule has 0 bridgehead atoms. The molecule has 1 saturated heterocycles. The van der Waals surface area contributed by atoms with E-state index in [1.165, 1.54) is 41.0 Å². The minimum absolute atomic E-state index is 0.0442. The normalized spacial score (nSPS) is 17.0. The summed E-state index contributed by atoms with van der Waals surface area (Å²) in [5.74, 6) is 5.09. The third-order valence-corrected chi connectivity index (χ3v) is 6.39. The zero-order chi connectivity index (χ0) is 17.9. The van der Waals surface area contributed by atoms with Crippen molar-refractivity contribution in [1.82, 2.24) is 0 Å². The molecule has 0 amide bonds. The quantitative estimate of drug-likeness (QED) is 0.853. The fourth-order valence-electron chi connectivity index (χ4n) is 3.89. The van der Waals surface area contributed by atoms with Crippen LogP contribution < -0.4 is 9.47 Å². The number of aryl methyl sites for hydroxylation is 1. The third kappa shape index (κ3) is 3.72. The van der Waals surface area contributed by atoms with Crippen LogP contribution in [0.5, 0.6) is 11.5 Å². The van der Waals surface area contributed by atoms with Gasteiger partial charge in [-0.1, -0.05) is 6.07 Å². The van der Waals surface area contributed by atoms with E-state index in [2.05, 4.69) is 30.8 Å². The Bertz CT molecular complexity index is 781. The predicted octanol–water partition coefficient (Wildman–Crippen LogP) is 4.61. The van der Waals surface area contributed by atoms with Crippen molar-refractivity contribution < 1.29 is 14.6 Å². The summed E-state index contributed by atoms with van der Waals surface area (Å²) >= 11 is 2.05. The van der Waals surface area contributed by atoms with Crippen LogP contribution in [0.2, 0.25) is 0 Å². The van der Waals surface area contributed by atoms with Gasteiger partial charge in [0, 0.05) is 12.0 Å². The number of ether oxygens (including phenoxy) is 2. The van der Waals surface area contributed by atoms with Crippen LogP contribution in [-0.2, 0) is 13.0 Å². The molecule has 3 nitrogen and oxygen atoms in total. The van der Waals surface area contributed by atoms with E-state index < -0.39 is 0 Å². The fraction of sp³-hybridized carbons (Fsp3) is 0.455. The van der Waals surface area contributed by atoms with E-state index in [-0.39, 0.29) is 6.61 Å². The molecule has 1 N–H and O–H groups in total. The average molecular weight is 371 g/mol. The first-order valence-corrected chi connectivity index (χ1v) is 10.6. The van der Waals surface area contributed by atoms with Gasteiger partial charge in [0.1, 0.15) is 11.5 Å². The van der Waals surface area contributed by atoms with Gasteiger partial charge in [-0.15, -0.1) is 0 Å². The Hall–Kier alpha value is -1.65. The van der Waals surface area contributed by atoms with Crippen molar-refractivity contribution in [2.24, 2.45) is 5.92 Å². The molecule has 0 aromatic heterocycles. The molecule has 2 aliphatic heterocycles. The summed E-state index contributed by atoms with van der Waals surface area (Å²) in [4.78, 5) is 0. The van der Waals surface area contributed by atoms with Crippen molar-refractivity contribution in [3.8, 4) is 22.6 Å². The molecule has 2 aromatic carbocycles. The van der Waals surface area contributed by atoms with Crippen LogP contribution in [0.4, 0.5) is 0 Å². The number of hydrogen-bond donors (Lipinski definition) is 1. The van der Waals surface area contributed by atoms with Crippen molar-refractivity contribution in [1.29, 1.82) is 0 Å². The molecule has 138 valence electrons. The van der Waals surface area contributed by atoms with Gasteiger partial charge in [-0.05, 0) is 83.7 Å². The zero-order valence-corrected chi connectivity index (χ0v) is 16.1. The van der Waals surface area contributed by atoms with Gasteiger partial charge in [0.25, 0.3) is 0 Å². The number of hydrogen-bond acceptors (Lipinski definition) is 4. The minimum atomic E-state index is 0.0442. The molecular formula is C22H26O3S. The summed E-state index contributed by atoms with van der Waals surface area (Å²) in [6, 6.07) is 10.3. The number of thioether (sulfide) groups is 1. The van der Waals surface area contributed by atoms with E-state index in [1.807, 2.05) is 18.2 Å². The SMILES string of the molecule is Cc1cc(OCC2CCSCC2)cc2c1-c1cc(CO)ccc1OCC2. The maximum Gasteiger partial charge on any atom is 0.127 e. The minimum Gasteiger partial charge on any atom is -0.493 e. The van der Waals surface area contributed by atoms with Gasteiger partial charge in [-0.25, -0.2) is 0 Å². The van der Waals surface area contributed by atoms with Crippen LogP contribution >= 0.6 is 11.8 Å². The highest BCUT2D eigenvalue weighted by Crippen LogP contribution is 2.40. The van der Waals surface area contributed by atoms with Crippen LogP contribution in [0.1, 0.15) is 29.5 Å². The number of rotatable bonds is 4. The first-order chi connectivity index (χ1) is 12.7. The van der Waals surface area contributed by atoms with Crippen LogP contribution in [0.15, 0.2) is 30.3 Å². The van der Waals surface area contributed by atoms with Gasteiger partial charge in [-0.2, -0.15) is 11.8 Å². The monoisotopic (exact) mass is 370 g/mol. The van der Waals surface area contributed by atoms with E-state index in [0.29, 0.717) is 12.5 Å². The van der Waals surface area contributed by atoms with Gasteiger partial charge in [0.2, 0.25) is 0 Å². The second-order valence-electron chi connectivity index (χ2n) is 7.23. The lowest BCUT2D eigenvalue weighted by atomic mass is 9.92. The molecule has 4 rings (SSSR count). The molecule has 0 aliphatic carbocycles. The molecule has 0 radical (unpaired) electrons.